The number of aliphatic hydroxyl groups is 10. The molecule has 5 fully saturated rings. The zero-order valence-electron chi connectivity index (χ0n) is 74.9. The minimum atomic E-state index is -1.24. The van der Waals surface area contributed by atoms with Crippen molar-refractivity contribution in [3.05, 3.63) is 60.8 Å². The summed E-state index contributed by atoms with van der Waals surface area (Å²) in [5.41, 5.74) is 34.6. The maximum atomic E-state index is 10.6. The molecule has 5 unspecified atom stereocenters. The second-order valence-electron chi connectivity index (χ2n) is 36.7. The van der Waals surface area contributed by atoms with E-state index in [2.05, 4.69) is 180 Å². The summed E-state index contributed by atoms with van der Waals surface area (Å²) in [6.45, 7) is 24.8. The van der Waals surface area contributed by atoms with Crippen LogP contribution in [0.2, 0.25) is 0 Å². The Balaban J connectivity index is 0.000000153. The Labute approximate surface area is 734 Å². The fourth-order valence-electron chi connectivity index (χ4n) is 15.3. The summed E-state index contributed by atoms with van der Waals surface area (Å²) in [6, 6.07) is 0. The van der Waals surface area contributed by atoms with Gasteiger partial charge in [-0.2, -0.15) is 0 Å². The van der Waals surface area contributed by atoms with Crippen molar-refractivity contribution in [1.82, 2.24) is 97.6 Å². The van der Waals surface area contributed by atoms with E-state index in [0.717, 1.165) is 56.5 Å². The van der Waals surface area contributed by atoms with E-state index >= 15 is 0 Å². The molecule has 20 N–H and O–H groups in total. The van der Waals surface area contributed by atoms with Gasteiger partial charge in [0.1, 0.15) is 118 Å². The summed E-state index contributed by atoms with van der Waals surface area (Å²) >= 11 is 0. The van der Waals surface area contributed by atoms with E-state index in [0.29, 0.717) is 147 Å². The summed E-state index contributed by atoms with van der Waals surface area (Å²) in [5.74, 6) is 4.39. The van der Waals surface area contributed by atoms with Crippen molar-refractivity contribution in [2.75, 3.05) is 126 Å². The van der Waals surface area contributed by atoms with Gasteiger partial charge in [0, 0.05) is 19.3 Å². The molecule has 45 heteroatoms. The number of fused-ring (bicyclic) bond motifs is 5. The summed E-state index contributed by atoms with van der Waals surface area (Å²) in [4.78, 5) is 64.4. The Morgan fingerprint density at radius 2 is 0.516 bits per heavy atom. The molecule has 10 aromatic heterocycles. The van der Waals surface area contributed by atoms with Crippen LogP contribution in [-0.2, 0) is 42.9 Å². The topological polar surface area (TPSA) is 597 Å². The van der Waals surface area contributed by atoms with Crippen molar-refractivity contribution in [1.29, 1.82) is 0 Å². The van der Waals surface area contributed by atoms with E-state index in [1.807, 2.05) is 13.8 Å². The molecule has 40 nitrogen and oxygen atoms in total. The normalized spacial score (nSPS) is 27.1. The number of nitrogens with two attached hydrogens (primary N) is 5. The Bertz CT molecular complexity index is 5550. The van der Waals surface area contributed by atoms with Crippen molar-refractivity contribution >= 4 is 151 Å². The number of aliphatic hydroxyl groups excluding tert-OH is 10. The van der Waals surface area contributed by atoms with Gasteiger partial charge in [0.25, 0.3) is 0 Å². The summed E-state index contributed by atoms with van der Waals surface area (Å²) in [7, 11) is 0. The monoisotopic (exact) mass is 1850 g/mol. The third kappa shape index (κ3) is 23.7. The number of imidazole rings is 5. The minimum Gasteiger partial charge on any atom is -0.388 e. The number of nitrogens with zero attached hydrogens (tertiary/aromatic N) is 20. The van der Waals surface area contributed by atoms with Gasteiger partial charge in [0.15, 0.2) is 88.5 Å². The maximum Gasteiger partial charge on any atom is 0.167 e. The van der Waals surface area contributed by atoms with Crippen LogP contribution in [-0.4, -0.2) is 369 Å². The van der Waals surface area contributed by atoms with Gasteiger partial charge < -0.3 is 103 Å². The third-order valence-electron chi connectivity index (χ3n) is 22.3. The number of hydrogen-bond donors (Lipinski definition) is 15. The van der Waals surface area contributed by atoms with E-state index in [1.54, 1.807) is 43.0 Å². The smallest absolute Gasteiger partial charge is 0.167 e. The Morgan fingerprint density at radius 1 is 0.302 bits per heavy atom. The van der Waals surface area contributed by atoms with Crippen molar-refractivity contribution < 1.29 is 74.7 Å². The van der Waals surface area contributed by atoms with Crippen molar-refractivity contribution in [3.8, 4) is 0 Å². The van der Waals surface area contributed by atoms with Gasteiger partial charge in [-0.1, -0.05) is 27.2 Å². The van der Waals surface area contributed by atoms with Crippen LogP contribution in [0.5, 0.6) is 0 Å². The number of unbranched alkanes of at least 4 members (excludes halogenated alkanes) is 1. The van der Waals surface area contributed by atoms with E-state index in [1.165, 1.54) is 25.3 Å². The van der Waals surface area contributed by atoms with E-state index in [9.17, 15) is 51.1 Å². The van der Waals surface area contributed by atoms with E-state index < -0.39 is 157 Å². The molecule has 0 saturated carbocycles. The third-order valence-corrected chi connectivity index (χ3v) is 29.6. The zero-order valence-corrected chi connectivity index (χ0v) is 79.3. The molecule has 5 aliphatic heterocycles. The molecule has 20 atom stereocenters. The molecular weight excluding hydrogens is 1720 g/mol. The summed E-state index contributed by atoms with van der Waals surface area (Å²) in [6.07, 6.45) is 25.1. The summed E-state index contributed by atoms with van der Waals surface area (Å²) < 4.78 is 37.9. The van der Waals surface area contributed by atoms with Gasteiger partial charge in [0.2, 0.25) is 0 Å². The lowest BCUT2D eigenvalue weighted by Crippen LogP contribution is -2.31. The number of anilines is 5. The second kappa shape index (κ2) is 40.6. The molecule has 696 valence electrons. The van der Waals surface area contributed by atoms with Gasteiger partial charge in [-0.25, -0.2) is 74.8 Å². The number of aryl methyl sites for hydroxylation is 5. The van der Waals surface area contributed by atoms with Crippen LogP contribution in [0.25, 0.3) is 55.8 Å². The van der Waals surface area contributed by atoms with Gasteiger partial charge in [-0.05, 0) is 156 Å². The van der Waals surface area contributed by atoms with Crippen LogP contribution in [0.1, 0.15) is 132 Å². The first kappa shape index (κ1) is 99.2. The number of rotatable bonds is 26. The Kier molecular flexibility index (Phi) is 31.9. The molecule has 10 aromatic rings. The molecule has 0 radical (unpaired) electrons. The fourth-order valence-corrected chi connectivity index (χ4v) is 20.1. The molecule has 126 heavy (non-hydrogen) atoms. The quantitative estimate of drug-likeness (QED) is 0.0339. The lowest BCUT2D eigenvalue weighted by molar-refractivity contribution is -0.0353. The van der Waals surface area contributed by atoms with Crippen LogP contribution in [0.4, 0.5) is 29.1 Å². The van der Waals surface area contributed by atoms with Gasteiger partial charge in [0.05, 0.1) is 62.2 Å². The molecule has 0 bridgehead atoms. The second-order valence-corrected chi connectivity index (χ2v) is 58.3. The van der Waals surface area contributed by atoms with E-state index in [4.69, 9.17) is 52.4 Å². The lowest BCUT2D eigenvalue weighted by Gasteiger charge is -2.18. The van der Waals surface area contributed by atoms with Gasteiger partial charge in [-0.15, -0.1) is 65.9 Å². The Hall–Kier alpha value is -7.35. The van der Waals surface area contributed by atoms with Crippen LogP contribution in [0.15, 0.2) is 31.6 Å². The first-order valence-electron chi connectivity index (χ1n) is 42.3. The van der Waals surface area contributed by atoms with E-state index in [-0.39, 0.29) is 11.6 Å². The van der Waals surface area contributed by atoms with Crippen LogP contribution in [0.3, 0.4) is 0 Å². The molecule has 0 aliphatic carbocycles. The first-order chi connectivity index (χ1) is 59.0. The largest absolute Gasteiger partial charge is 0.388 e. The highest BCUT2D eigenvalue weighted by Crippen LogP contribution is 2.46. The highest BCUT2D eigenvalue weighted by Gasteiger charge is 2.49. The molecule has 0 aromatic carbocycles. The lowest BCUT2D eigenvalue weighted by atomic mass is 10.1. The van der Waals surface area contributed by atoms with Crippen LogP contribution < -0.4 is 28.7 Å². The van der Waals surface area contributed by atoms with Crippen molar-refractivity contribution in [3.63, 3.8) is 0 Å². The number of nitrogen functional groups attached to an aromatic ring is 5. The van der Waals surface area contributed by atoms with Crippen LogP contribution >= 0.6 is 34.4 Å². The zero-order chi connectivity index (χ0) is 92.5. The molecule has 0 spiro atoms. The predicted octanol–water partition coefficient (Wildman–Crippen LogP) is 4.11. The highest BCUT2D eigenvalue weighted by molar-refractivity contribution is 7.73. The number of hydrogen-bond acceptors (Lipinski definition) is 35. The summed E-state index contributed by atoms with van der Waals surface area (Å²) in [5, 5.41) is 104. The maximum absolute atomic E-state index is 10.6. The number of aromatic nitrogens is 20. The molecule has 15 heterocycles. The van der Waals surface area contributed by atoms with Crippen molar-refractivity contribution in [2.45, 2.75) is 228 Å². The fraction of sp³-hybridized carbons (Fsp3) is 0.630. The average Bonchev–Trinajstić information content (AvgIpc) is 1.64. The minimum absolute atomic E-state index is 0.282. The Morgan fingerprint density at radius 3 is 0.738 bits per heavy atom. The highest BCUT2D eigenvalue weighted by atomic mass is 31.2. The van der Waals surface area contributed by atoms with Crippen molar-refractivity contribution in [2.24, 2.45) is 0 Å². The van der Waals surface area contributed by atoms with Crippen LogP contribution in [0, 0.1) is 13.8 Å². The average molecular weight is 1850 g/mol. The molecule has 15 rings (SSSR count). The molecule has 5 saturated heterocycles. The SMILES string of the molecule is C=P(C)(C)CC[C@H]1OC(n2cnc3c(N)nc(C)nc32)[C@H](O)[C@@H]1O.C=P(C)(C)CC[C@H]1OC(n2cnc3c(N)nc(C)nc32)[C@H](O)[C@@H]1O.C=P(C)(C)CC[C@H]1OC(n2cnc3c(N)nc(CC)nc32)[C@H](O)[C@@H]1O.C=P(C)(C)CC[C@H]1OC(n2cnc3c(N)nc(CCC)nc32)[C@H](O)[C@@H]1O.C=P(C)(C)CC[C@H]1OC(n2cnc3c(N)nc(CCCC)nc32)[C@H](O)[C@@H]1O. The standard InChI is InChI=1S/C18H30N5O3P.C17H28N5O3P.C16H26N5O3P.2C15H24N5O3P/c1-5-6-7-12-21-16(19)13-17(22-12)23(10-20-13)18-15(25)14(24)11(26-18)8-9-27(2,3)4;1-5-6-11-20-15(18)12-16(21-11)22(9-19-12)17-14(24)13(23)10(25-17)7-8-26(2,3)4;1-5-10-19-14(17)11-15(20-10)21(8-18-11)16-13(23)12(22)9(24-16)6-7-25(2,3)4;2*1-8-18-13(16)10-14(19-8)20(7-17-10)15-12(22)11(21)9(23-15)5-6-24(2,3)4/h10-11,14-15,18,24-25H,2,5-9H2,1,3-4H3,(H2,19,21,22);9-10,13-14,17,23-24H,2,5-8H2,1,3-4H3,(H2,18,20,21);8-9,12-13,16,22-23H,2,5-7H2,1,3-4H3,(H2,17,19,20);2*7,9,11-12,15,21-22H,2,5-6H2,1,3-4H3,(H2,16,18,19)/t11-,14-,15-,18?;10-,13-,14-,17?;9-,12-,13-,16?;2*9-,11-,12-,15?/m11111/s1. The molecular formula is C81H132N25O15P5. The number of ether oxygens (including phenoxy) is 5. The molecule has 0 amide bonds. The van der Waals surface area contributed by atoms with Gasteiger partial charge >= 0.3 is 0 Å². The first-order valence-corrected chi connectivity index (χ1v) is 57.6. The van der Waals surface area contributed by atoms with Gasteiger partial charge in [-0.3, -0.25) is 22.8 Å². The molecule has 5 aliphatic rings. The predicted molar refractivity (Wildman–Crippen MR) is 507 cm³/mol.